The van der Waals surface area contributed by atoms with Crippen molar-refractivity contribution in [3.63, 3.8) is 0 Å². The minimum atomic E-state index is -0.175. The average molecular weight is 1140 g/mol. The van der Waals surface area contributed by atoms with E-state index < -0.39 is 0 Å². The number of carbonyl (C=O) groups excluding carboxylic acids is 2. The molecule has 0 spiro atoms. The predicted molar refractivity (Wildman–Crippen MR) is 308 cm³/mol. The summed E-state index contributed by atoms with van der Waals surface area (Å²) in [7, 11) is 0. The molecule has 0 aromatic heterocycles. The Kier molecular flexibility index (Phi) is 16.8. The van der Waals surface area contributed by atoms with Crippen molar-refractivity contribution in [2.45, 2.75) is 223 Å². The molecular weight excluding hydrogens is 1040 g/mol. The molecule has 16 atom stereocenters. The van der Waals surface area contributed by atoms with Crippen LogP contribution in [0.5, 0.6) is 0 Å². The molecule has 0 unspecified atom stereocenters. The minimum absolute atomic E-state index is 0.0110. The van der Waals surface area contributed by atoms with E-state index in [9.17, 15) is 9.59 Å². The Morgan fingerprint density at radius 3 is 1.32 bits per heavy atom. The van der Waals surface area contributed by atoms with Crippen LogP contribution in [0.25, 0.3) is 0 Å². The van der Waals surface area contributed by atoms with Crippen molar-refractivity contribution < 1.29 is 19.1 Å². The van der Waals surface area contributed by atoms with E-state index in [1.54, 1.807) is 11.1 Å². The topological polar surface area (TPSA) is 52.6 Å². The fraction of sp³-hybridized carbons (Fsp3) is 0.735. The number of benzene rings is 2. The van der Waals surface area contributed by atoms with Crippen LogP contribution in [0.4, 0.5) is 0 Å². The van der Waals surface area contributed by atoms with Gasteiger partial charge in [0, 0.05) is 0 Å². The Bertz CT molecular complexity index is 2220. The monoisotopic (exact) mass is 1140 g/mol. The maximum atomic E-state index is 14.2. The fourth-order valence-electron chi connectivity index (χ4n) is 19.4. The van der Waals surface area contributed by atoms with Gasteiger partial charge in [0.1, 0.15) is 0 Å². The van der Waals surface area contributed by atoms with E-state index in [1.807, 2.05) is 24.3 Å². The van der Waals surface area contributed by atoms with Crippen LogP contribution in [0.2, 0.25) is 0 Å². The molecule has 8 aliphatic carbocycles. The molecule has 0 amide bonds. The second-order valence-electron chi connectivity index (χ2n) is 28.3. The van der Waals surface area contributed by atoms with Crippen molar-refractivity contribution in [3.8, 4) is 0 Å². The number of rotatable bonds is 17. The van der Waals surface area contributed by atoms with E-state index in [-0.39, 0.29) is 61.2 Å². The summed E-state index contributed by atoms with van der Waals surface area (Å²) in [4.78, 5) is 28.4. The molecule has 0 aliphatic heterocycles. The third kappa shape index (κ3) is 10.6. The van der Waals surface area contributed by atoms with Crippen LogP contribution in [0, 0.1) is 92.7 Å². The molecule has 4 nitrogen and oxygen atoms in total. The van der Waals surface area contributed by atoms with E-state index in [1.165, 1.54) is 103 Å². The Labute approximate surface area is 461 Å². The van der Waals surface area contributed by atoms with Gasteiger partial charge in [-0.15, -0.1) is 0 Å². The molecule has 10 rings (SSSR count). The van der Waals surface area contributed by atoms with Gasteiger partial charge >= 0.3 is 322 Å². The van der Waals surface area contributed by atoms with E-state index in [2.05, 4.69) is 106 Å². The van der Waals surface area contributed by atoms with Crippen molar-refractivity contribution in [2.24, 2.45) is 92.7 Å². The smallest absolute Gasteiger partial charge is 0.0591 e. The number of allylic oxidation sites excluding steroid dienone is 2. The number of esters is 2. The van der Waals surface area contributed by atoms with Crippen LogP contribution in [-0.2, 0) is 9.47 Å². The first-order valence-corrected chi connectivity index (χ1v) is 36.8. The summed E-state index contributed by atoms with van der Waals surface area (Å²) < 4.78 is 15.2. The average Bonchev–Trinajstić information content (AvgIpc) is 3.95. The molecule has 0 heterocycles. The summed E-state index contributed by atoms with van der Waals surface area (Å²) in [5.41, 5.74) is 6.00. The van der Waals surface area contributed by atoms with Crippen LogP contribution in [0.15, 0.2) is 71.8 Å². The van der Waals surface area contributed by atoms with Gasteiger partial charge in [0.05, 0.1) is 0 Å². The normalized spacial score (nSPS) is 38.1. The first-order valence-electron chi connectivity index (χ1n) is 30.8. The van der Waals surface area contributed by atoms with E-state index in [0.29, 0.717) is 22.0 Å². The van der Waals surface area contributed by atoms with Crippen molar-refractivity contribution in [1.82, 2.24) is 0 Å². The molecule has 8 aliphatic rings. The van der Waals surface area contributed by atoms with Gasteiger partial charge in [-0.25, -0.2) is 0 Å². The maximum absolute atomic E-state index is 14.2. The van der Waals surface area contributed by atoms with Crippen molar-refractivity contribution in [1.29, 1.82) is 0 Å². The third-order valence-electron chi connectivity index (χ3n) is 23.5. The molecule has 6 heteroatoms. The molecule has 6 fully saturated rings. The summed E-state index contributed by atoms with van der Waals surface area (Å²) in [6.07, 6.45) is 33.0. The fourth-order valence-corrected chi connectivity index (χ4v) is 26.5. The van der Waals surface area contributed by atoms with Crippen LogP contribution >= 0.6 is 0 Å². The molecule has 406 valence electrons. The second-order valence-corrected chi connectivity index (χ2v) is 34.5. The standard InChI is InChI=1S/C68H98O4Se2/c1-43(2)17-15-19-45(5)55-29-31-57-51-27-25-47-41-49(33-37-65(47,7)59(51)35-39-67(55,57)9)71-63(69)53-21-11-13-23-61(53)73-74-62-24-14-12-22-54(62)64(70)72-50-34-38-66(8)48(42-50)26-28-52-58-32-30-56(46(6)20-16-18-44(3)4)68(58,10)40-36-60(52)66/h11-14,21-26,43-46,49-52,55-60H,15-20,27-42H2,1-10H3/t45-,46-,49+,50+,51+,52+,55-,56-,57+,58+,59+,60+,65+,66+,67-,68-/m1/s1. The Hall–Kier alpha value is -2.10. The molecular formula is C68H98O4Se2. The van der Waals surface area contributed by atoms with E-state index in [0.717, 1.165) is 118 Å². The molecule has 0 N–H and O–H groups in total. The van der Waals surface area contributed by atoms with Gasteiger partial charge in [-0.1, -0.05) is 93.9 Å². The molecule has 2 aromatic carbocycles. The Morgan fingerprint density at radius 1 is 0.514 bits per heavy atom. The zero-order chi connectivity index (χ0) is 52.2. The Morgan fingerprint density at radius 2 is 0.919 bits per heavy atom. The number of ether oxygens (including phenoxy) is 2. The summed E-state index contributed by atoms with van der Waals surface area (Å²) in [6, 6.07) is 16.3. The zero-order valence-corrected chi connectivity index (χ0v) is 51.3. The summed E-state index contributed by atoms with van der Waals surface area (Å²) in [5, 5.41) is 0. The van der Waals surface area contributed by atoms with Crippen LogP contribution in [0.1, 0.15) is 231 Å². The molecule has 0 saturated heterocycles. The third-order valence-corrected chi connectivity index (χ3v) is 30.7. The SMILES string of the molecule is CC(C)CCC[C@@H](C)[C@H]1CC[C@H]2[C@@H]3CC=C4C[C@@H](OC(=O)c5ccccc5[Se][Se]c5ccccc5C(=O)O[C@H]5CC[C@@]6(C)C(=CC[C@H]7[C@@H]8CC[C@H]([C@H](C)CCCC(C)C)[C@@]8(C)CC[C@@H]76)C5)CC[C@]4(C)[C@H]3CC[C@]12C. The molecule has 6 saturated carbocycles. The molecule has 2 aromatic rings. The quantitative estimate of drug-likeness (QED) is 0.0900. The summed E-state index contributed by atoms with van der Waals surface area (Å²) in [6.45, 7) is 25.2. The van der Waals surface area contributed by atoms with Gasteiger partial charge < -0.3 is 0 Å². The van der Waals surface area contributed by atoms with E-state index >= 15 is 0 Å². The second kappa shape index (κ2) is 22.6. The number of hydrogen-bond acceptors (Lipinski definition) is 4. The first kappa shape index (κ1) is 55.2. The van der Waals surface area contributed by atoms with Gasteiger partial charge in [0.25, 0.3) is 0 Å². The zero-order valence-electron chi connectivity index (χ0n) is 47.9. The van der Waals surface area contributed by atoms with Gasteiger partial charge in [0.15, 0.2) is 0 Å². The first-order chi connectivity index (χ1) is 35.4. The number of hydrogen-bond donors (Lipinski definition) is 0. The van der Waals surface area contributed by atoms with Crippen LogP contribution in [0.3, 0.4) is 0 Å². The molecule has 0 radical (unpaired) electrons. The van der Waals surface area contributed by atoms with Crippen LogP contribution < -0.4 is 8.92 Å². The van der Waals surface area contributed by atoms with Gasteiger partial charge in [-0.3, -0.25) is 0 Å². The minimum Gasteiger partial charge on any atom is -0.0591 e. The van der Waals surface area contributed by atoms with E-state index in [4.69, 9.17) is 9.47 Å². The predicted octanol–water partition coefficient (Wildman–Crippen LogP) is 16.1. The van der Waals surface area contributed by atoms with Crippen molar-refractivity contribution in [3.05, 3.63) is 83.0 Å². The van der Waals surface area contributed by atoms with Crippen molar-refractivity contribution in [2.75, 3.05) is 0 Å². The van der Waals surface area contributed by atoms with Crippen LogP contribution in [-0.4, -0.2) is 50.4 Å². The Balaban J connectivity index is 0.731. The van der Waals surface area contributed by atoms with Crippen molar-refractivity contribution >= 4 is 47.1 Å². The van der Waals surface area contributed by atoms with Gasteiger partial charge in [-0.2, -0.15) is 0 Å². The van der Waals surface area contributed by atoms with Gasteiger partial charge in [-0.05, 0) is 48.3 Å². The summed E-state index contributed by atoms with van der Waals surface area (Å²) >= 11 is -0.0219. The summed E-state index contributed by atoms with van der Waals surface area (Å²) in [5.74, 6) is 9.51. The number of fused-ring (bicyclic) bond motifs is 10. The van der Waals surface area contributed by atoms with Gasteiger partial charge in [0.2, 0.25) is 0 Å². The molecule has 74 heavy (non-hydrogen) atoms. The molecule has 0 bridgehead atoms. The number of carbonyl (C=O) groups is 2.